The Kier molecular flexibility index (Phi) is 5.78. The van der Waals surface area contributed by atoms with Crippen LogP contribution < -0.4 is 4.74 Å². The van der Waals surface area contributed by atoms with Crippen LogP contribution in [0.5, 0.6) is 5.75 Å². The molecule has 116 valence electrons. The zero-order valence-electron chi connectivity index (χ0n) is 13.2. The fourth-order valence-corrected chi connectivity index (χ4v) is 3.38. The van der Waals surface area contributed by atoms with Gasteiger partial charge < -0.3 is 4.74 Å². The third-order valence-electron chi connectivity index (χ3n) is 4.03. The summed E-state index contributed by atoms with van der Waals surface area (Å²) in [5.41, 5.74) is 2.23. The molecule has 0 bridgehead atoms. The van der Waals surface area contributed by atoms with Crippen LogP contribution in [0.3, 0.4) is 0 Å². The molecule has 0 aliphatic heterocycles. The van der Waals surface area contributed by atoms with E-state index in [0.29, 0.717) is 0 Å². The second kappa shape index (κ2) is 7.59. The van der Waals surface area contributed by atoms with Crippen molar-refractivity contribution in [2.75, 3.05) is 7.11 Å². The van der Waals surface area contributed by atoms with Gasteiger partial charge in [-0.1, -0.05) is 47.1 Å². The van der Waals surface area contributed by atoms with E-state index in [1.165, 1.54) is 5.56 Å². The Bertz CT molecular complexity index is 634. The molecule has 2 nitrogen and oxygen atoms in total. The zero-order chi connectivity index (χ0) is 16.1. The molecule has 0 N–H and O–H groups in total. The molecule has 0 saturated heterocycles. The Morgan fingerprint density at radius 2 is 1.82 bits per heavy atom. The summed E-state index contributed by atoms with van der Waals surface area (Å²) >= 11 is 3.52. The first-order valence-corrected chi connectivity index (χ1v) is 8.26. The third kappa shape index (κ3) is 3.77. The molecule has 0 heterocycles. The molecule has 0 aliphatic carbocycles. The molecular formula is C19H21BrO2. The minimum Gasteiger partial charge on any atom is -0.497 e. The second-order valence-corrected chi connectivity index (χ2v) is 6.35. The molecule has 0 unspecified atom stereocenters. The molecule has 0 amide bonds. The van der Waals surface area contributed by atoms with Crippen molar-refractivity contribution in [2.24, 2.45) is 0 Å². The molecular weight excluding hydrogens is 340 g/mol. The monoisotopic (exact) mass is 360 g/mol. The first-order valence-electron chi connectivity index (χ1n) is 7.46. The predicted molar refractivity (Wildman–Crippen MR) is 93.6 cm³/mol. The smallest absolute Gasteiger partial charge is 0.137 e. The van der Waals surface area contributed by atoms with Gasteiger partial charge in [0.15, 0.2) is 0 Å². The third-order valence-corrected chi connectivity index (χ3v) is 4.53. The van der Waals surface area contributed by atoms with E-state index in [9.17, 15) is 4.79 Å². The molecule has 0 aromatic heterocycles. The van der Waals surface area contributed by atoms with Crippen LogP contribution in [0.2, 0.25) is 0 Å². The summed E-state index contributed by atoms with van der Waals surface area (Å²) < 4.78 is 6.25. The number of rotatable bonds is 6. The standard InChI is InChI=1S/C19H21BrO2/c1-4-18(15-6-5-7-16(20)12-15)19(13(2)21)14-8-10-17(22-3)11-9-14/h5-12,18-19H,4H2,1-3H3/t18-,19-/m1/s1. The molecule has 0 spiro atoms. The molecule has 22 heavy (non-hydrogen) atoms. The lowest BCUT2D eigenvalue weighted by Gasteiger charge is -2.25. The van der Waals surface area contributed by atoms with E-state index in [4.69, 9.17) is 4.74 Å². The normalized spacial score (nSPS) is 13.5. The van der Waals surface area contributed by atoms with Crippen molar-refractivity contribution in [2.45, 2.75) is 32.1 Å². The van der Waals surface area contributed by atoms with E-state index >= 15 is 0 Å². The average molecular weight is 361 g/mol. The van der Waals surface area contributed by atoms with Gasteiger partial charge in [-0.2, -0.15) is 0 Å². The number of ether oxygens (including phenoxy) is 1. The molecule has 2 rings (SSSR count). The quantitative estimate of drug-likeness (QED) is 0.696. The largest absolute Gasteiger partial charge is 0.497 e. The highest BCUT2D eigenvalue weighted by molar-refractivity contribution is 9.10. The van der Waals surface area contributed by atoms with Gasteiger partial charge in [-0.25, -0.2) is 0 Å². The van der Waals surface area contributed by atoms with Crippen LogP contribution in [0.4, 0.5) is 0 Å². The van der Waals surface area contributed by atoms with Crippen molar-refractivity contribution in [3.63, 3.8) is 0 Å². The van der Waals surface area contributed by atoms with Crippen molar-refractivity contribution >= 4 is 21.7 Å². The van der Waals surface area contributed by atoms with Crippen LogP contribution in [-0.4, -0.2) is 12.9 Å². The maximum Gasteiger partial charge on any atom is 0.137 e. The maximum absolute atomic E-state index is 12.3. The Morgan fingerprint density at radius 3 is 2.32 bits per heavy atom. The molecule has 2 aromatic rings. The number of hydrogen-bond donors (Lipinski definition) is 0. The van der Waals surface area contributed by atoms with Gasteiger partial charge in [0, 0.05) is 10.4 Å². The number of halogens is 1. The summed E-state index contributed by atoms with van der Waals surface area (Å²) in [6.07, 6.45) is 0.909. The van der Waals surface area contributed by atoms with Crippen molar-refractivity contribution < 1.29 is 9.53 Å². The van der Waals surface area contributed by atoms with Crippen molar-refractivity contribution in [3.05, 3.63) is 64.1 Å². The first-order chi connectivity index (χ1) is 10.6. The average Bonchev–Trinajstić information content (AvgIpc) is 2.52. The van der Waals surface area contributed by atoms with Gasteiger partial charge in [0.1, 0.15) is 11.5 Å². The molecule has 2 atom stereocenters. The molecule has 0 aliphatic rings. The van der Waals surface area contributed by atoms with E-state index in [2.05, 4.69) is 35.0 Å². The minimum atomic E-state index is -0.134. The van der Waals surface area contributed by atoms with E-state index in [1.807, 2.05) is 36.4 Å². The molecule has 2 aromatic carbocycles. The van der Waals surface area contributed by atoms with E-state index in [1.54, 1.807) is 14.0 Å². The summed E-state index contributed by atoms with van der Waals surface area (Å²) in [7, 11) is 1.65. The van der Waals surface area contributed by atoms with E-state index in [-0.39, 0.29) is 17.6 Å². The van der Waals surface area contributed by atoms with Crippen LogP contribution in [0.25, 0.3) is 0 Å². The maximum atomic E-state index is 12.3. The molecule has 3 heteroatoms. The number of carbonyl (C=O) groups excluding carboxylic acids is 1. The summed E-state index contributed by atoms with van der Waals surface area (Å²) in [5, 5.41) is 0. The Labute approximate surface area is 140 Å². The highest BCUT2D eigenvalue weighted by Crippen LogP contribution is 2.37. The lowest BCUT2D eigenvalue weighted by molar-refractivity contribution is -0.118. The van der Waals surface area contributed by atoms with E-state index < -0.39 is 0 Å². The van der Waals surface area contributed by atoms with Crippen molar-refractivity contribution in [3.8, 4) is 5.75 Å². The Hall–Kier alpha value is -1.61. The number of carbonyl (C=O) groups is 1. The fourth-order valence-electron chi connectivity index (χ4n) is 2.96. The predicted octanol–water partition coefficient (Wildman–Crippen LogP) is 5.32. The number of ketones is 1. The summed E-state index contributed by atoms with van der Waals surface area (Å²) in [6, 6.07) is 16.0. The number of benzene rings is 2. The number of Topliss-reactive ketones (excluding diaryl/α,β-unsaturated/α-hetero) is 1. The summed E-state index contributed by atoms with van der Waals surface area (Å²) in [4.78, 5) is 12.3. The Balaban J connectivity index is 2.41. The van der Waals surface area contributed by atoms with Gasteiger partial charge >= 0.3 is 0 Å². The van der Waals surface area contributed by atoms with Gasteiger partial charge in [-0.3, -0.25) is 4.79 Å². The SMILES string of the molecule is CC[C@H](c1cccc(Br)c1)[C@H](C(C)=O)c1ccc(OC)cc1. The van der Waals surface area contributed by atoms with Gasteiger partial charge in [0.2, 0.25) is 0 Å². The molecule has 0 radical (unpaired) electrons. The lowest BCUT2D eigenvalue weighted by atomic mass is 9.78. The number of methoxy groups -OCH3 is 1. The highest BCUT2D eigenvalue weighted by atomic mass is 79.9. The Morgan fingerprint density at radius 1 is 1.14 bits per heavy atom. The summed E-state index contributed by atoms with van der Waals surface area (Å²) in [5.74, 6) is 1.03. The van der Waals surface area contributed by atoms with Crippen LogP contribution in [-0.2, 0) is 4.79 Å². The second-order valence-electron chi connectivity index (χ2n) is 5.43. The van der Waals surface area contributed by atoms with Gasteiger partial charge in [0.05, 0.1) is 7.11 Å². The summed E-state index contributed by atoms with van der Waals surface area (Å²) in [6.45, 7) is 3.81. The fraction of sp³-hybridized carbons (Fsp3) is 0.316. The van der Waals surface area contributed by atoms with Crippen LogP contribution in [0, 0.1) is 0 Å². The minimum absolute atomic E-state index is 0.134. The zero-order valence-corrected chi connectivity index (χ0v) is 14.8. The van der Waals surface area contributed by atoms with Crippen molar-refractivity contribution in [1.82, 2.24) is 0 Å². The van der Waals surface area contributed by atoms with Gasteiger partial charge in [-0.05, 0) is 54.7 Å². The van der Waals surface area contributed by atoms with E-state index in [0.717, 1.165) is 22.2 Å². The van der Waals surface area contributed by atoms with Crippen LogP contribution >= 0.6 is 15.9 Å². The topological polar surface area (TPSA) is 26.3 Å². The number of hydrogen-bond acceptors (Lipinski definition) is 2. The van der Waals surface area contributed by atoms with Crippen LogP contribution in [0.15, 0.2) is 53.0 Å². The molecule has 0 fully saturated rings. The highest BCUT2D eigenvalue weighted by Gasteiger charge is 2.27. The van der Waals surface area contributed by atoms with Gasteiger partial charge in [0.25, 0.3) is 0 Å². The lowest BCUT2D eigenvalue weighted by Crippen LogP contribution is -2.18. The van der Waals surface area contributed by atoms with Crippen LogP contribution in [0.1, 0.15) is 43.2 Å². The van der Waals surface area contributed by atoms with Gasteiger partial charge in [-0.15, -0.1) is 0 Å². The molecule has 0 saturated carbocycles. The first kappa shape index (κ1) is 16.8. The van der Waals surface area contributed by atoms with Crippen molar-refractivity contribution in [1.29, 1.82) is 0 Å².